The smallest absolute Gasteiger partial charge is 0.289 e. The minimum absolute atomic E-state index is 0.0512. The topological polar surface area (TPSA) is 78.7 Å². The lowest BCUT2D eigenvalue weighted by molar-refractivity contribution is -0.121. The molecule has 34 heavy (non-hydrogen) atoms. The van der Waals surface area contributed by atoms with Crippen LogP contribution < -0.4 is 5.32 Å². The van der Waals surface area contributed by atoms with Crippen molar-refractivity contribution in [2.75, 3.05) is 31.5 Å². The molecule has 0 aliphatic carbocycles. The number of nitrogens with one attached hydrogen (secondary N) is 1. The first-order chi connectivity index (χ1) is 16.6. The maximum absolute atomic E-state index is 12.8. The van der Waals surface area contributed by atoms with Crippen molar-refractivity contribution in [2.45, 2.75) is 19.4 Å². The van der Waals surface area contributed by atoms with Crippen molar-refractivity contribution in [2.24, 2.45) is 0 Å². The van der Waals surface area contributed by atoms with E-state index in [2.05, 4.69) is 16.3 Å². The fourth-order valence-corrected chi connectivity index (χ4v) is 5.16. The maximum Gasteiger partial charge on any atom is 0.289 e. The molecule has 7 nitrogen and oxygen atoms in total. The minimum Gasteiger partial charge on any atom is -0.459 e. The van der Waals surface area contributed by atoms with Crippen molar-refractivity contribution in [3.05, 3.63) is 83.3 Å². The zero-order valence-electron chi connectivity index (χ0n) is 18.9. The first kappa shape index (κ1) is 22.3. The van der Waals surface area contributed by atoms with Gasteiger partial charge in [0.05, 0.1) is 27.5 Å². The molecule has 1 atom stereocenters. The summed E-state index contributed by atoms with van der Waals surface area (Å²) in [4.78, 5) is 33.8. The van der Waals surface area contributed by atoms with Crippen molar-refractivity contribution in [1.29, 1.82) is 0 Å². The van der Waals surface area contributed by atoms with E-state index in [1.807, 2.05) is 49.4 Å². The van der Waals surface area contributed by atoms with E-state index in [1.54, 1.807) is 28.4 Å². The Balaban J connectivity index is 1.13. The molecule has 0 saturated carbocycles. The Morgan fingerprint density at radius 1 is 1.03 bits per heavy atom. The molecule has 174 valence electrons. The number of furan rings is 1. The third-order valence-electron chi connectivity index (χ3n) is 6.18. The maximum atomic E-state index is 12.8. The van der Waals surface area contributed by atoms with Gasteiger partial charge >= 0.3 is 0 Å². The van der Waals surface area contributed by atoms with Crippen LogP contribution >= 0.6 is 11.3 Å². The summed E-state index contributed by atoms with van der Waals surface area (Å²) in [5, 5.41) is 4.10. The largest absolute Gasteiger partial charge is 0.459 e. The molecule has 1 aliphatic heterocycles. The molecule has 2 aromatic heterocycles. The van der Waals surface area contributed by atoms with Gasteiger partial charge in [0.25, 0.3) is 5.91 Å². The van der Waals surface area contributed by atoms with Crippen molar-refractivity contribution >= 4 is 39.1 Å². The van der Waals surface area contributed by atoms with Gasteiger partial charge in [-0.3, -0.25) is 14.5 Å². The number of piperazine rings is 1. The van der Waals surface area contributed by atoms with Crippen LogP contribution in [-0.4, -0.2) is 58.8 Å². The molecule has 8 heteroatoms. The minimum atomic E-state index is -0.289. The van der Waals surface area contributed by atoms with Crippen LogP contribution in [0, 0.1) is 0 Å². The summed E-state index contributed by atoms with van der Waals surface area (Å²) in [6.45, 7) is 4.32. The van der Waals surface area contributed by atoms with Crippen LogP contribution in [0.2, 0.25) is 0 Å². The lowest BCUT2D eigenvalue weighted by Gasteiger charge is -2.37. The molecule has 0 radical (unpaired) electrons. The van der Waals surface area contributed by atoms with Crippen LogP contribution in [0.25, 0.3) is 10.2 Å². The lowest BCUT2D eigenvalue weighted by atomic mass is 10.1. The van der Waals surface area contributed by atoms with Crippen LogP contribution in [0.1, 0.15) is 28.0 Å². The van der Waals surface area contributed by atoms with Gasteiger partial charge in [-0.25, -0.2) is 4.98 Å². The van der Waals surface area contributed by atoms with Gasteiger partial charge in [0.15, 0.2) is 5.76 Å². The highest BCUT2D eigenvalue weighted by atomic mass is 32.1. The fourth-order valence-electron chi connectivity index (χ4n) is 4.16. The molecule has 4 aromatic rings. The number of thiazole rings is 1. The Morgan fingerprint density at radius 2 is 1.79 bits per heavy atom. The second-order valence-corrected chi connectivity index (χ2v) is 9.53. The van der Waals surface area contributed by atoms with Crippen LogP contribution in [0.15, 0.2) is 71.3 Å². The van der Waals surface area contributed by atoms with Crippen LogP contribution in [0.3, 0.4) is 0 Å². The number of benzene rings is 2. The van der Waals surface area contributed by atoms with Crippen molar-refractivity contribution in [1.82, 2.24) is 14.8 Å². The van der Waals surface area contributed by atoms with Crippen LogP contribution in [0.4, 0.5) is 5.69 Å². The number of fused-ring (bicyclic) bond motifs is 1. The van der Waals surface area contributed by atoms with E-state index >= 15 is 0 Å². The molecule has 2 aromatic carbocycles. The molecule has 1 saturated heterocycles. The third kappa shape index (κ3) is 4.88. The lowest BCUT2D eigenvalue weighted by Crippen LogP contribution is -2.54. The molecule has 3 heterocycles. The highest BCUT2D eigenvalue weighted by Crippen LogP contribution is 2.24. The molecule has 5 rings (SSSR count). The molecule has 1 aliphatic rings. The van der Waals surface area contributed by atoms with E-state index in [0.29, 0.717) is 31.9 Å². The van der Waals surface area contributed by atoms with Crippen LogP contribution in [0.5, 0.6) is 0 Å². The fraction of sp³-hybridized carbons (Fsp3) is 0.269. The number of carbonyl (C=O) groups is 2. The van der Waals surface area contributed by atoms with Gasteiger partial charge in [0, 0.05) is 38.3 Å². The van der Waals surface area contributed by atoms with Gasteiger partial charge in [-0.05, 0) is 48.9 Å². The number of aromatic nitrogens is 1. The number of hydrogen-bond donors (Lipinski definition) is 1. The average Bonchev–Trinajstić information content (AvgIpc) is 3.54. The summed E-state index contributed by atoms with van der Waals surface area (Å²) in [7, 11) is 0. The molecule has 1 fully saturated rings. The summed E-state index contributed by atoms with van der Waals surface area (Å²) in [6, 6.07) is 19.2. The SMILES string of the molecule is C[C@H](C(=O)Nc1ccc(Cc2nc3ccccc3s2)cc1)N1CCN(C(=O)c2ccco2)CC1. The summed E-state index contributed by atoms with van der Waals surface area (Å²) in [5.74, 6) is 0.197. The van der Waals surface area contributed by atoms with Gasteiger partial charge in [-0.2, -0.15) is 0 Å². The molecular formula is C26H26N4O3S. The summed E-state index contributed by atoms with van der Waals surface area (Å²) in [5.41, 5.74) is 2.96. The highest BCUT2D eigenvalue weighted by molar-refractivity contribution is 7.18. The standard InChI is InChI=1S/C26H26N4O3S/c1-18(29-12-14-30(15-13-29)26(32)22-6-4-16-33-22)25(31)27-20-10-8-19(9-11-20)17-24-28-21-5-2-3-7-23(21)34-24/h2-11,16,18H,12-15,17H2,1H3,(H,27,31)/t18-/m1/s1. The number of carbonyl (C=O) groups excluding carboxylic acids is 2. The Kier molecular flexibility index (Phi) is 6.42. The van der Waals surface area contributed by atoms with Crippen molar-refractivity contribution < 1.29 is 14.0 Å². The second kappa shape index (κ2) is 9.79. The number of anilines is 1. The number of rotatable bonds is 6. The molecule has 2 amide bonds. The van der Waals surface area contributed by atoms with Gasteiger partial charge in [-0.1, -0.05) is 24.3 Å². The zero-order valence-corrected chi connectivity index (χ0v) is 19.8. The van der Waals surface area contributed by atoms with Crippen molar-refractivity contribution in [3.63, 3.8) is 0 Å². The predicted molar refractivity (Wildman–Crippen MR) is 133 cm³/mol. The van der Waals surface area contributed by atoms with E-state index in [9.17, 15) is 9.59 Å². The van der Waals surface area contributed by atoms with E-state index in [4.69, 9.17) is 9.40 Å². The van der Waals surface area contributed by atoms with Crippen LogP contribution in [-0.2, 0) is 11.2 Å². The second-order valence-electron chi connectivity index (χ2n) is 8.42. The number of para-hydroxylation sites is 1. The molecule has 0 spiro atoms. The van der Waals surface area contributed by atoms with Gasteiger partial charge in [0.1, 0.15) is 0 Å². The third-order valence-corrected chi connectivity index (χ3v) is 7.21. The average molecular weight is 475 g/mol. The first-order valence-electron chi connectivity index (χ1n) is 11.4. The van der Waals surface area contributed by atoms with E-state index in [0.717, 1.165) is 28.2 Å². The molecular weight excluding hydrogens is 448 g/mol. The normalized spacial score (nSPS) is 15.4. The number of amides is 2. The van der Waals surface area contributed by atoms with E-state index < -0.39 is 0 Å². The highest BCUT2D eigenvalue weighted by Gasteiger charge is 2.28. The summed E-state index contributed by atoms with van der Waals surface area (Å²) < 4.78 is 6.41. The molecule has 0 bridgehead atoms. The Hall–Kier alpha value is -3.49. The number of nitrogens with zero attached hydrogens (tertiary/aromatic N) is 3. The first-order valence-corrected chi connectivity index (χ1v) is 12.2. The van der Waals surface area contributed by atoms with Gasteiger partial charge in [-0.15, -0.1) is 11.3 Å². The van der Waals surface area contributed by atoms with E-state index in [-0.39, 0.29) is 17.9 Å². The van der Waals surface area contributed by atoms with Gasteiger partial charge < -0.3 is 14.6 Å². The monoisotopic (exact) mass is 474 g/mol. The summed E-state index contributed by atoms with van der Waals surface area (Å²) in [6.07, 6.45) is 2.27. The number of hydrogen-bond acceptors (Lipinski definition) is 6. The Labute approximate surface area is 202 Å². The Morgan fingerprint density at radius 3 is 2.50 bits per heavy atom. The van der Waals surface area contributed by atoms with Crippen molar-refractivity contribution in [3.8, 4) is 0 Å². The Bertz CT molecular complexity index is 1240. The summed E-state index contributed by atoms with van der Waals surface area (Å²) >= 11 is 1.71. The quantitative estimate of drug-likeness (QED) is 0.452. The molecule has 1 N–H and O–H groups in total. The predicted octanol–water partition coefficient (Wildman–Crippen LogP) is 4.27. The van der Waals surface area contributed by atoms with E-state index in [1.165, 1.54) is 11.0 Å². The zero-order chi connectivity index (χ0) is 23.5. The molecule has 0 unspecified atom stereocenters. The van der Waals surface area contributed by atoms with Gasteiger partial charge in [0.2, 0.25) is 5.91 Å².